The van der Waals surface area contributed by atoms with Crippen LogP contribution in [0.4, 0.5) is 0 Å². The lowest BCUT2D eigenvalue weighted by Crippen LogP contribution is -1.82. The van der Waals surface area contributed by atoms with Gasteiger partial charge in [-0.25, -0.2) is 0 Å². The Kier molecular flexibility index (Phi) is 1.75. The summed E-state index contributed by atoms with van der Waals surface area (Å²) in [6.07, 6.45) is 3.01. The third kappa shape index (κ3) is 1.15. The predicted octanol–water partition coefficient (Wildman–Crippen LogP) is 3.90. The first-order valence-electron chi connectivity index (χ1n) is 5.23. The van der Waals surface area contributed by atoms with Crippen LogP contribution in [0.1, 0.15) is 16.7 Å². The first-order valence-corrected chi connectivity index (χ1v) is 5.23. The molecule has 0 fully saturated rings. The lowest BCUT2D eigenvalue weighted by atomic mass is 10.00. The van der Waals surface area contributed by atoms with Crippen molar-refractivity contribution in [1.82, 2.24) is 0 Å². The molecule has 15 heavy (non-hydrogen) atoms. The van der Waals surface area contributed by atoms with Gasteiger partial charge in [-0.3, -0.25) is 0 Å². The van der Waals surface area contributed by atoms with E-state index in [1.165, 1.54) is 27.8 Å². The average molecular weight is 192 g/mol. The van der Waals surface area contributed by atoms with Gasteiger partial charge in [-0.05, 0) is 34.2 Å². The van der Waals surface area contributed by atoms with Crippen molar-refractivity contribution in [3.63, 3.8) is 0 Å². The third-order valence-corrected chi connectivity index (χ3v) is 3.07. The van der Waals surface area contributed by atoms with Gasteiger partial charge in [0.2, 0.25) is 0 Å². The summed E-state index contributed by atoms with van der Waals surface area (Å²) >= 11 is 0. The molecule has 0 unspecified atom stereocenters. The third-order valence-electron chi connectivity index (χ3n) is 3.07. The van der Waals surface area contributed by atoms with E-state index in [1.54, 1.807) is 0 Å². The number of hydrogen-bond donors (Lipinski definition) is 0. The summed E-state index contributed by atoms with van der Waals surface area (Å²) < 4.78 is 0. The normalized spacial score (nSPS) is 12.0. The maximum Gasteiger partial charge on any atom is -0.00132 e. The van der Waals surface area contributed by atoms with Crippen molar-refractivity contribution < 1.29 is 0 Å². The quantitative estimate of drug-likeness (QED) is 0.548. The molecule has 0 spiro atoms. The summed E-state index contributed by atoms with van der Waals surface area (Å²) in [4.78, 5) is 0. The number of fused-ring (bicyclic) bond motifs is 3. The largest absolute Gasteiger partial charge is 0.0984 e. The van der Waals surface area contributed by atoms with Gasteiger partial charge in [-0.2, -0.15) is 0 Å². The Morgan fingerprint density at radius 3 is 2.60 bits per heavy atom. The van der Waals surface area contributed by atoms with Gasteiger partial charge in [0.25, 0.3) is 0 Å². The molecule has 2 aromatic carbocycles. The Balaban J connectivity index is 2.35. The Morgan fingerprint density at radius 1 is 0.933 bits per heavy atom. The molecule has 0 N–H and O–H groups in total. The molecular formula is C15H12. The second-order valence-corrected chi connectivity index (χ2v) is 3.92. The summed E-state index contributed by atoms with van der Waals surface area (Å²) in [7, 11) is 0. The van der Waals surface area contributed by atoms with Gasteiger partial charge in [0.1, 0.15) is 0 Å². The topological polar surface area (TPSA) is 0 Å². The smallest absolute Gasteiger partial charge is 0.00132 e. The number of benzene rings is 2. The van der Waals surface area contributed by atoms with Gasteiger partial charge >= 0.3 is 0 Å². The maximum atomic E-state index is 3.88. The van der Waals surface area contributed by atoms with E-state index in [1.807, 2.05) is 6.08 Å². The maximum absolute atomic E-state index is 3.88. The molecule has 0 aliphatic heterocycles. The minimum Gasteiger partial charge on any atom is -0.0984 e. The zero-order valence-corrected chi connectivity index (χ0v) is 8.53. The Hall–Kier alpha value is -1.82. The zero-order valence-electron chi connectivity index (χ0n) is 8.53. The molecule has 0 bridgehead atoms. The predicted molar refractivity (Wildman–Crippen MR) is 64.8 cm³/mol. The average Bonchev–Trinajstić information content (AvgIpc) is 2.67. The monoisotopic (exact) mass is 192 g/mol. The van der Waals surface area contributed by atoms with Gasteiger partial charge in [0.05, 0.1) is 0 Å². The molecule has 1 aliphatic carbocycles. The highest BCUT2D eigenvalue weighted by molar-refractivity contribution is 5.83. The van der Waals surface area contributed by atoms with Crippen molar-refractivity contribution in [3.8, 4) is 11.1 Å². The first kappa shape index (κ1) is 8.49. The molecule has 0 saturated carbocycles. The van der Waals surface area contributed by atoms with E-state index in [0.29, 0.717) is 0 Å². The van der Waals surface area contributed by atoms with Crippen LogP contribution in [0.2, 0.25) is 0 Å². The van der Waals surface area contributed by atoms with Crippen LogP contribution < -0.4 is 0 Å². The molecule has 0 aromatic heterocycles. The summed E-state index contributed by atoms with van der Waals surface area (Å²) in [5.41, 5.74) is 6.86. The lowest BCUT2D eigenvalue weighted by molar-refractivity contribution is 1.26. The highest BCUT2D eigenvalue weighted by Crippen LogP contribution is 2.38. The van der Waals surface area contributed by atoms with E-state index in [0.717, 1.165) is 6.42 Å². The summed E-state index contributed by atoms with van der Waals surface area (Å²) in [6.45, 7) is 3.88. The second kappa shape index (κ2) is 3.09. The van der Waals surface area contributed by atoms with Crippen LogP contribution in [-0.4, -0.2) is 0 Å². The van der Waals surface area contributed by atoms with Crippen LogP contribution in [0.3, 0.4) is 0 Å². The number of rotatable bonds is 1. The molecule has 0 heteroatoms. The van der Waals surface area contributed by atoms with Crippen LogP contribution in [-0.2, 0) is 6.42 Å². The first-order chi connectivity index (χ1) is 7.40. The van der Waals surface area contributed by atoms with Crippen molar-refractivity contribution in [2.45, 2.75) is 6.42 Å². The van der Waals surface area contributed by atoms with Gasteiger partial charge in [0, 0.05) is 0 Å². The molecule has 1 aliphatic rings. The molecule has 0 amide bonds. The standard InChI is InChI=1S/C15H12/c1-2-11-7-5-8-13-10-12-6-3-4-9-14(12)15(11)13/h2-9H,1,10H2. The SMILES string of the molecule is C=Cc1cccc2c1-c1ccccc1C2. The highest BCUT2D eigenvalue weighted by atomic mass is 14.2. The summed E-state index contributed by atoms with van der Waals surface area (Å²) in [6, 6.07) is 15.1. The van der Waals surface area contributed by atoms with E-state index in [2.05, 4.69) is 49.0 Å². The van der Waals surface area contributed by atoms with Crippen molar-refractivity contribution in [1.29, 1.82) is 0 Å². The van der Waals surface area contributed by atoms with Crippen molar-refractivity contribution in [2.75, 3.05) is 0 Å². The molecule has 0 atom stereocenters. The Bertz CT molecular complexity index is 535. The van der Waals surface area contributed by atoms with E-state index >= 15 is 0 Å². The lowest BCUT2D eigenvalue weighted by Gasteiger charge is -2.04. The van der Waals surface area contributed by atoms with E-state index in [9.17, 15) is 0 Å². The Morgan fingerprint density at radius 2 is 1.73 bits per heavy atom. The highest BCUT2D eigenvalue weighted by Gasteiger charge is 2.18. The van der Waals surface area contributed by atoms with Crippen molar-refractivity contribution >= 4 is 6.08 Å². The van der Waals surface area contributed by atoms with Crippen LogP contribution in [0.15, 0.2) is 49.0 Å². The minimum absolute atomic E-state index is 1.06. The van der Waals surface area contributed by atoms with Gasteiger partial charge < -0.3 is 0 Å². The molecule has 72 valence electrons. The van der Waals surface area contributed by atoms with Crippen molar-refractivity contribution in [3.05, 3.63) is 65.7 Å². The minimum atomic E-state index is 1.06. The zero-order chi connectivity index (χ0) is 10.3. The molecule has 0 heterocycles. The van der Waals surface area contributed by atoms with Crippen LogP contribution in [0, 0.1) is 0 Å². The molecule has 0 nitrogen and oxygen atoms in total. The second-order valence-electron chi connectivity index (χ2n) is 3.92. The molecule has 2 aromatic rings. The Labute approximate surface area is 89.9 Å². The fourth-order valence-corrected chi connectivity index (χ4v) is 2.39. The number of hydrogen-bond acceptors (Lipinski definition) is 0. The van der Waals surface area contributed by atoms with Gasteiger partial charge in [-0.1, -0.05) is 55.1 Å². The van der Waals surface area contributed by atoms with Crippen LogP contribution >= 0.6 is 0 Å². The van der Waals surface area contributed by atoms with Gasteiger partial charge in [-0.15, -0.1) is 0 Å². The summed E-state index contributed by atoms with van der Waals surface area (Å²) in [5.74, 6) is 0. The molecular weight excluding hydrogens is 180 g/mol. The molecule has 0 saturated heterocycles. The van der Waals surface area contributed by atoms with Crippen LogP contribution in [0.5, 0.6) is 0 Å². The molecule has 3 rings (SSSR count). The van der Waals surface area contributed by atoms with Crippen molar-refractivity contribution in [2.24, 2.45) is 0 Å². The molecule has 0 radical (unpaired) electrons. The van der Waals surface area contributed by atoms with Crippen LogP contribution in [0.25, 0.3) is 17.2 Å². The fraction of sp³-hybridized carbons (Fsp3) is 0.0667. The van der Waals surface area contributed by atoms with Gasteiger partial charge in [0.15, 0.2) is 0 Å². The van der Waals surface area contributed by atoms with E-state index in [4.69, 9.17) is 0 Å². The fourth-order valence-electron chi connectivity index (χ4n) is 2.39. The van der Waals surface area contributed by atoms with E-state index in [-0.39, 0.29) is 0 Å². The van der Waals surface area contributed by atoms with E-state index < -0.39 is 0 Å². The summed E-state index contributed by atoms with van der Waals surface area (Å²) in [5, 5.41) is 0.